The zero-order chi connectivity index (χ0) is 69.1. The van der Waals surface area contributed by atoms with Crippen LogP contribution in [0, 0.1) is 41.5 Å². The molecule has 0 radical (unpaired) electrons. The molecular weight excluding hydrogens is 1410 g/mol. The second-order valence-corrected chi connectivity index (χ2v) is 29.2. The van der Waals surface area contributed by atoms with Crippen LogP contribution in [0.1, 0.15) is 61.1 Å². The van der Waals surface area contributed by atoms with Crippen LogP contribution in [-0.4, -0.2) is 18.3 Å². The summed E-state index contributed by atoms with van der Waals surface area (Å²) in [6, 6.07) is 103. The zero-order valence-corrected chi connectivity index (χ0v) is 62.4. The van der Waals surface area contributed by atoms with E-state index in [4.69, 9.17) is 9.31 Å². The molecule has 0 aromatic heterocycles. The Bertz CT molecular complexity index is 5010. The van der Waals surface area contributed by atoms with Crippen LogP contribution in [-0.2, 0) is 9.31 Å². The van der Waals surface area contributed by atoms with Crippen molar-refractivity contribution in [1.82, 2.24) is 0 Å². The highest BCUT2D eigenvalue weighted by atomic mass is 79.9. The number of rotatable bonds is 9. The van der Waals surface area contributed by atoms with E-state index in [-0.39, 0.29) is 0 Å². The fraction of sp³-hybridized carbons (Fsp3) is 0.133. The summed E-state index contributed by atoms with van der Waals surface area (Å²) in [4.78, 5) is 4.77. The number of nitrogens with zero attached hydrogens (tertiary/aromatic N) is 2. The summed E-state index contributed by atoms with van der Waals surface area (Å²) in [7, 11) is -0.462. The van der Waals surface area contributed by atoms with Gasteiger partial charge in [-0.15, -0.1) is 0 Å². The van der Waals surface area contributed by atoms with Crippen LogP contribution < -0.4 is 20.6 Å². The molecule has 1 aliphatic heterocycles. The largest absolute Gasteiger partial charge is 0.496 e. The van der Waals surface area contributed by atoms with Crippen molar-refractivity contribution in [2.24, 2.45) is 0 Å². The van der Waals surface area contributed by atoms with E-state index in [0.29, 0.717) is 0 Å². The van der Waals surface area contributed by atoms with E-state index in [1.807, 2.05) is 0 Å². The molecule has 15 aromatic carbocycles. The Morgan fingerprint density at radius 3 is 0.697 bits per heavy atom. The van der Waals surface area contributed by atoms with Gasteiger partial charge in [0.15, 0.2) is 0 Å². The molecule has 5 nitrogen and oxygen atoms in total. The summed E-state index contributed by atoms with van der Waals surface area (Å²) < 4.78 is 16.7. The number of anilines is 8. The molecule has 1 saturated heterocycles. The van der Waals surface area contributed by atoms with Gasteiger partial charge in [-0.2, -0.15) is 0 Å². The first-order valence-corrected chi connectivity index (χ1v) is 36.1. The molecule has 0 unspecified atom stereocenters. The maximum Gasteiger partial charge on any atom is 0.496 e. The Kier molecular flexibility index (Phi) is 20.2. The Morgan fingerprint density at radius 2 is 0.455 bits per heavy atom. The molecule has 490 valence electrons. The number of halogens is 3. The third-order valence-electron chi connectivity index (χ3n) is 19.1. The lowest BCUT2D eigenvalue weighted by Crippen LogP contribution is -2.41. The molecular formula is C90H79BBr3N3O2. The molecule has 99 heavy (non-hydrogen) atoms. The number of fused-ring (bicyclic) bond motifs is 6. The Balaban J connectivity index is 0.000000127. The lowest BCUT2D eigenvalue weighted by Gasteiger charge is -2.32. The van der Waals surface area contributed by atoms with E-state index < -0.39 is 18.3 Å². The average molecular weight is 1490 g/mol. The van der Waals surface area contributed by atoms with E-state index >= 15 is 0 Å². The smallest absolute Gasteiger partial charge is 0.399 e. The first-order valence-electron chi connectivity index (χ1n) is 33.7. The van der Waals surface area contributed by atoms with Crippen LogP contribution in [0.2, 0.25) is 0 Å². The number of hydrogen-bond donors (Lipinski definition) is 1. The molecule has 1 fully saturated rings. The lowest BCUT2D eigenvalue weighted by molar-refractivity contribution is 0.00578. The van der Waals surface area contributed by atoms with Crippen molar-refractivity contribution in [3.63, 3.8) is 0 Å². The molecule has 16 rings (SSSR count). The van der Waals surface area contributed by atoms with Crippen LogP contribution >= 0.6 is 47.8 Å². The quantitative estimate of drug-likeness (QED) is 0.115. The summed E-state index contributed by atoms with van der Waals surface area (Å²) in [5, 5.41) is 17.8. The molecule has 0 bridgehead atoms. The van der Waals surface area contributed by atoms with Gasteiger partial charge in [-0.25, -0.2) is 0 Å². The second kappa shape index (κ2) is 29.2. The molecule has 0 saturated carbocycles. The van der Waals surface area contributed by atoms with Crippen LogP contribution in [0.15, 0.2) is 305 Å². The van der Waals surface area contributed by atoms with E-state index in [2.05, 4.69) is 423 Å². The van der Waals surface area contributed by atoms with Crippen molar-refractivity contribution in [2.75, 3.05) is 15.1 Å². The fourth-order valence-corrected chi connectivity index (χ4v) is 15.0. The lowest BCUT2D eigenvalue weighted by atomic mass is 9.72. The molecule has 1 N–H and O–H groups in total. The highest BCUT2D eigenvalue weighted by Gasteiger charge is 2.52. The van der Waals surface area contributed by atoms with Crippen LogP contribution in [0.3, 0.4) is 0 Å². The first-order chi connectivity index (χ1) is 47.8. The maximum atomic E-state index is 6.63. The Hall–Kier alpha value is -9.32. The van der Waals surface area contributed by atoms with E-state index in [1.165, 1.54) is 91.1 Å². The van der Waals surface area contributed by atoms with Gasteiger partial charge in [0.05, 0.1) is 22.6 Å². The minimum Gasteiger partial charge on any atom is -0.399 e. The molecule has 0 spiro atoms. The van der Waals surface area contributed by atoms with Gasteiger partial charge in [0, 0.05) is 69.1 Å². The molecule has 0 amide bonds. The van der Waals surface area contributed by atoms with Crippen molar-refractivity contribution < 1.29 is 9.31 Å². The number of hydrogen-bond acceptors (Lipinski definition) is 5. The van der Waals surface area contributed by atoms with E-state index in [9.17, 15) is 0 Å². The summed E-state index contributed by atoms with van der Waals surface area (Å²) in [5.74, 6) is 0. The van der Waals surface area contributed by atoms with Crippen LogP contribution in [0.25, 0.3) is 64.6 Å². The summed E-state index contributed by atoms with van der Waals surface area (Å²) >= 11 is 11.3. The minimum absolute atomic E-state index is 0.422. The standard InChI is InChI=1S/C34H34BNO2.C28H22BrN.C14H8Br2.C14H15N/c1-23-15-19-25(20-16-23)36(26-21-17-24(2)18-22-26)32-29-13-9-7-11-27(29)31(28-12-8-10-14-30(28)32)35-37-33(3,4)34(5,6)38-35;1-19-11-15-21(16-12-19)30(22-17-13-20(2)14-18-22)28-25-9-5-3-7-23(25)27(29)24-8-4-6-10-26(24)28;15-13-9-5-1-2-6-10(9)14(16)12-8-4-3-7-11(12)13;1-11-3-7-13(8-4-11)15-14-9-5-12(2)6-10-14/h7-22H,1-6H3;3-18H,1-2H3;1-8H;3-10,15H,1-2H3. The first kappa shape index (κ1) is 68.2. The highest BCUT2D eigenvalue weighted by molar-refractivity contribution is 9.11. The topological polar surface area (TPSA) is 37.0 Å². The number of aryl methyl sites for hydroxylation is 6. The number of nitrogens with one attached hydrogen (secondary N) is 1. The summed E-state index contributed by atoms with van der Waals surface area (Å²) in [6.07, 6.45) is 0. The third-order valence-corrected chi connectivity index (χ3v) is 21.6. The minimum atomic E-state index is -0.462. The Morgan fingerprint density at radius 1 is 0.263 bits per heavy atom. The summed E-state index contributed by atoms with van der Waals surface area (Å²) in [5.41, 5.74) is 17.0. The normalized spacial score (nSPS) is 13.0. The van der Waals surface area contributed by atoms with Gasteiger partial charge in [0.25, 0.3) is 0 Å². The van der Waals surface area contributed by atoms with Crippen molar-refractivity contribution in [3.05, 3.63) is 338 Å². The van der Waals surface area contributed by atoms with E-state index in [1.54, 1.807) is 0 Å². The van der Waals surface area contributed by atoms with Gasteiger partial charge in [-0.1, -0.05) is 252 Å². The van der Waals surface area contributed by atoms with Gasteiger partial charge >= 0.3 is 7.12 Å². The average Bonchev–Trinajstić information content (AvgIpc) is 1.71. The van der Waals surface area contributed by atoms with Gasteiger partial charge in [0.2, 0.25) is 0 Å². The van der Waals surface area contributed by atoms with Crippen LogP contribution in [0.4, 0.5) is 45.5 Å². The molecule has 0 aliphatic carbocycles. The predicted molar refractivity (Wildman–Crippen MR) is 437 cm³/mol. The molecule has 0 atom stereocenters. The van der Waals surface area contributed by atoms with Gasteiger partial charge < -0.3 is 24.4 Å². The van der Waals surface area contributed by atoms with Crippen LogP contribution in [0.5, 0.6) is 0 Å². The van der Waals surface area contributed by atoms with Gasteiger partial charge in [0.1, 0.15) is 0 Å². The predicted octanol–water partition coefficient (Wildman–Crippen LogP) is 26.8. The fourth-order valence-electron chi connectivity index (χ4n) is 12.9. The zero-order valence-electron chi connectivity index (χ0n) is 57.6. The van der Waals surface area contributed by atoms with Crippen molar-refractivity contribution in [2.45, 2.75) is 80.4 Å². The third kappa shape index (κ3) is 14.3. The van der Waals surface area contributed by atoms with Gasteiger partial charge in [-0.3, -0.25) is 0 Å². The monoisotopic (exact) mass is 1480 g/mol. The maximum absolute atomic E-state index is 6.63. The van der Waals surface area contributed by atoms with E-state index in [0.717, 1.165) is 71.3 Å². The molecule has 1 heterocycles. The number of benzene rings is 15. The SMILES string of the molecule is Brc1c2ccccc2c(Br)c2ccccc12.Cc1ccc(N(c2ccc(C)cc2)c2c3ccccc3c(B3OC(C)(C)C(C)(C)O3)c3ccccc23)cc1.Cc1ccc(N(c2ccc(C)cc2)c2c3ccccc3c(Br)c3ccccc23)cc1.Cc1ccc(Nc2ccc(C)cc2)cc1. The van der Waals surface area contributed by atoms with Crippen molar-refractivity contribution in [3.8, 4) is 0 Å². The van der Waals surface area contributed by atoms with Gasteiger partial charge in [-0.05, 0) is 238 Å². The summed E-state index contributed by atoms with van der Waals surface area (Å²) in [6.45, 7) is 21.2. The molecule has 1 aliphatic rings. The van der Waals surface area contributed by atoms with Crippen molar-refractivity contribution >= 4 is 171 Å². The Labute approximate surface area is 608 Å². The highest BCUT2D eigenvalue weighted by Crippen LogP contribution is 2.49. The molecule has 15 aromatic rings. The molecule has 9 heteroatoms. The second-order valence-electron chi connectivity index (χ2n) is 26.8. The van der Waals surface area contributed by atoms with Crippen molar-refractivity contribution in [1.29, 1.82) is 0 Å².